The van der Waals surface area contributed by atoms with E-state index in [0.29, 0.717) is 5.56 Å². The molecule has 1 aromatic heterocycles. The van der Waals surface area contributed by atoms with Crippen LogP contribution in [0.1, 0.15) is 72.9 Å². The molecule has 3 aliphatic carbocycles. The van der Waals surface area contributed by atoms with Crippen molar-refractivity contribution in [3.05, 3.63) is 111 Å². The zero-order valence-corrected chi connectivity index (χ0v) is 26.5. The number of ether oxygens (including phenoxy) is 2. The van der Waals surface area contributed by atoms with Crippen molar-refractivity contribution in [2.75, 3.05) is 14.1 Å². The van der Waals surface area contributed by atoms with E-state index >= 15 is 8.78 Å². The Kier molecular flexibility index (Phi) is 7.82. The van der Waals surface area contributed by atoms with E-state index in [-0.39, 0.29) is 60.7 Å². The maximum Gasteiger partial charge on any atom is 0.265 e. The Labute approximate surface area is 274 Å². The number of benzene rings is 3. The second kappa shape index (κ2) is 11.9. The number of hydrogen-bond donors (Lipinski definition) is 0. The average molecular weight is 655 g/mol. The van der Waals surface area contributed by atoms with Gasteiger partial charge in [-0.2, -0.15) is 0 Å². The van der Waals surface area contributed by atoms with Crippen molar-refractivity contribution >= 4 is 23.6 Å². The average Bonchev–Trinajstić information content (AvgIpc) is 3.50. The minimum absolute atomic E-state index is 0.0436. The first-order valence-electron chi connectivity index (χ1n) is 15.7. The van der Waals surface area contributed by atoms with Gasteiger partial charge >= 0.3 is 0 Å². The minimum Gasteiger partial charge on any atom is -0.487 e. The van der Waals surface area contributed by atoms with Gasteiger partial charge in [0.05, 0.1) is 28.5 Å². The topological polar surface area (TPSA) is 116 Å². The van der Waals surface area contributed by atoms with Gasteiger partial charge in [0.2, 0.25) is 0 Å². The van der Waals surface area contributed by atoms with Gasteiger partial charge in [0.15, 0.2) is 41.0 Å². The van der Waals surface area contributed by atoms with Crippen molar-refractivity contribution < 1.29 is 42.0 Å². The Hall–Kier alpha value is -5.03. The third-order valence-corrected chi connectivity index (χ3v) is 10.2. The molecule has 3 aromatic carbocycles. The molecule has 246 valence electrons. The fraction of sp³-hybridized carbons (Fsp3) is 0.324. The summed E-state index contributed by atoms with van der Waals surface area (Å²) in [7, 11) is 3.56. The standard InChI is InChI=1S/C37H32F2N2O7/c1-37-24(30(41(2)3)33-27(35(37)45)36(40-48-33)47-18-20-12-8-5-9-13-20)15-21-14-22-26(31(43)25(21)34(37)44)32(23(16-42)29(39)28(22)38)46-17-19-10-6-4-7-11-19/h4-13,16,21,24-25,30H,14-15,17-18H2,1-3H3. The lowest BCUT2D eigenvalue weighted by molar-refractivity contribution is -0.140. The number of aromatic nitrogens is 1. The summed E-state index contributed by atoms with van der Waals surface area (Å²) in [6.07, 6.45) is 0.0928. The molecule has 0 amide bonds. The first kappa shape index (κ1) is 31.6. The number of ketones is 3. The molecule has 3 aliphatic rings. The first-order chi connectivity index (χ1) is 23.1. The van der Waals surface area contributed by atoms with Crippen LogP contribution < -0.4 is 9.47 Å². The van der Waals surface area contributed by atoms with Gasteiger partial charge in [-0.3, -0.25) is 24.1 Å². The third-order valence-electron chi connectivity index (χ3n) is 10.2. The van der Waals surface area contributed by atoms with Gasteiger partial charge in [0.25, 0.3) is 5.88 Å². The summed E-state index contributed by atoms with van der Waals surface area (Å²) >= 11 is 0. The second-order valence-corrected chi connectivity index (χ2v) is 13.1. The molecule has 5 atom stereocenters. The van der Waals surface area contributed by atoms with Gasteiger partial charge in [-0.1, -0.05) is 60.7 Å². The van der Waals surface area contributed by atoms with Crippen LogP contribution in [0.5, 0.6) is 11.6 Å². The monoisotopic (exact) mass is 654 g/mol. The maximum absolute atomic E-state index is 15.6. The van der Waals surface area contributed by atoms with Crippen molar-refractivity contribution in [2.24, 2.45) is 23.2 Å². The molecule has 0 N–H and O–H groups in total. The fourth-order valence-corrected chi connectivity index (χ4v) is 7.82. The Morgan fingerprint density at radius 1 is 0.938 bits per heavy atom. The number of aldehydes is 1. The van der Waals surface area contributed by atoms with Crippen LogP contribution in [-0.2, 0) is 24.4 Å². The van der Waals surface area contributed by atoms with E-state index in [4.69, 9.17) is 14.0 Å². The predicted octanol–water partition coefficient (Wildman–Crippen LogP) is 5.99. The highest BCUT2D eigenvalue weighted by molar-refractivity contribution is 6.24. The molecule has 1 saturated carbocycles. The van der Waals surface area contributed by atoms with Gasteiger partial charge in [0, 0.05) is 11.5 Å². The summed E-state index contributed by atoms with van der Waals surface area (Å²) in [5.41, 5.74) is -1.49. The van der Waals surface area contributed by atoms with Gasteiger partial charge in [-0.05, 0) is 56.1 Å². The fourth-order valence-electron chi connectivity index (χ4n) is 7.82. The number of halogens is 2. The van der Waals surface area contributed by atoms with Gasteiger partial charge in [-0.25, -0.2) is 8.78 Å². The van der Waals surface area contributed by atoms with Crippen molar-refractivity contribution in [1.82, 2.24) is 10.1 Å². The van der Waals surface area contributed by atoms with E-state index in [1.54, 1.807) is 44.4 Å². The van der Waals surface area contributed by atoms with Crippen molar-refractivity contribution in [1.29, 1.82) is 0 Å². The van der Waals surface area contributed by atoms with Crippen LogP contribution >= 0.6 is 0 Å². The molecule has 0 bridgehead atoms. The summed E-state index contributed by atoms with van der Waals surface area (Å²) in [6, 6.07) is 17.4. The molecule has 11 heteroatoms. The summed E-state index contributed by atoms with van der Waals surface area (Å²) < 4.78 is 48.5. The number of hydrogen-bond acceptors (Lipinski definition) is 9. The van der Waals surface area contributed by atoms with Crippen molar-refractivity contribution in [2.45, 2.75) is 39.0 Å². The summed E-state index contributed by atoms with van der Waals surface area (Å²) in [5.74, 6) is -7.76. The number of Topliss-reactive ketones (excluding diaryl/α,β-unsaturated/α-hetero) is 3. The molecule has 0 saturated heterocycles. The lowest BCUT2D eigenvalue weighted by atomic mass is 9.50. The van der Waals surface area contributed by atoms with Crippen LogP contribution in [0.4, 0.5) is 8.78 Å². The van der Waals surface area contributed by atoms with Crippen LogP contribution in [0, 0.1) is 34.8 Å². The van der Waals surface area contributed by atoms with Gasteiger partial charge < -0.3 is 14.0 Å². The molecule has 4 aromatic rings. The molecule has 1 fully saturated rings. The highest BCUT2D eigenvalue weighted by Crippen LogP contribution is 2.59. The number of carbonyl (C=O) groups is 4. The molecule has 7 rings (SSSR count). The lowest BCUT2D eigenvalue weighted by Gasteiger charge is -2.52. The second-order valence-electron chi connectivity index (χ2n) is 13.1. The van der Waals surface area contributed by atoms with E-state index in [1.807, 2.05) is 35.2 Å². The SMILES string of the molecule is CN(C)C1c2onc(OCc3ccccc3)c2C(=O)C2(C)C(=O)C3C(=O)c4c(c(F)c(F)c(C=O)c4OCc4ccccc4)CC3CC12. The highest BCUT2D eigenvalue weighted by Gasteiger charge is 2.65. The molecule has 1 heterocycles. The van der Waals surface area contributed by atoms with Crippen molar-refractivity contribution in [3.63, 3.8) is 0 Å². The molecule has 0 spiro atoms. The van der Waals surface area contributed by atoms with Crippen LogP contribution in [0.25, 0.3) is 0 Å². The Morgan fingerprint density at radius 3 is 2.17 bits per heavy atom. The largest absolute Gasteiger partial charge is 0.487 e. The first-order valence-corrected chi connectivity index (χ1v) is 15.7. The molecular formula is C37H32F2N2O7. The Balaban J connectivity index is 1.30. The van der Waals surface area contributed by atoms with Crippen LogP contribution in [0.3, 0.4) is 0 Å². The predicted molar refractivity (Wildman–Crippen MR) is 167 cm³/mol. The number of rotatable bonds is 8. The quantitative estimate of drug-likeness (QED) is 0.167. The Bertz CT molecular complexity index is 1960. The molecule has 0 aliphatic heterocycles. The molecule has 9 nitrogen and oxygen atoms in total. The van der Waals surface area contributed by atoms with E-state index < -0.39 is 69.5 Å². The lowest BCUT2D eigenvalue weighted by Crippen LogP contribution is -2.60. The molecule has 48 heavy (non-hydrogen) atoms. The van der Waals surface area contributed by atoms with E-state index in [9.17, 15) is 19.2 Å². The molecule has 5 unspecified atom stereocenters. The van der Waals surface area contributed by atoms with Crippen LogP contribution in [-0.4, -0.2) is 47.8 Å². The maximum atomic E-state index is 15.6. The van der Waals surface area contributed by atoms with Crippen LogP contribution in [0.2, 0.25) is 0 Å². The zero-order valence-electron chi connectivity index (χ0n) is 26.5. The van der Waals surface area contributed by atoms with Crippen molar-refractivity contribution in [3.8, 4) is 11.6 Å². The number of nitrogens with zero attached hydrogens (tertiary/aromatic N) is 2. The molecule has 0 radical (unpaired) electrons. The Morgan fingerprint density at radius 2 is 1.56 bits per heavy atom. The number of fused-ring (bicyclic) bond motifs is 4. The highest BCUT2D eigenvalue weighted by atomic mass is 19.2. The van der Waals surface area contributed by atoms with E-state index in [0.717, 1.165) is 5.56 Å². The van der Waals surface area contributed by atoms with Gasteiger partial charge in [-0.15, -0.1) is 0 Å². The third kappa shape index (κ3) is 4.70. The van der Waals surface area contributed by atoms with E-state index in [2.05, 4.69) is 5.16 Å². The van der Waals surface area contributed by atoms with Gasteiger partial charge in [0.1, 0.15) is 24.5 Å². The van der Waals surface area contributed by atoms with Crippen LogP contribution in [0.15, 0.2) is 65.2 Å². The summed E-state index contributed by atoms with van der Waals surface area (Å²) in [5, 5.41) is 4.08. The smallest absolute Gasteiger partial charge is 0.265 e. The van der Waals surface area contributed by atoms with E-state index in [1.165, 1.54) is 6.92 Å². The zero-order chi connectivity index (χ0) is 33.9. The normalized spacial score (nSPS) is 24.4. The number of carbonyl (C=O) groups excluding carboxylic acids is 4. The summed E-state index contributed by atoms with van der Waals surface area (Å²) in [4.78, 5) is 57.5. The minimum atomic E-state index is -1.70. The summed E-state index contributed by atoms with van der Waals surface area (Å²) in [6.45, 7) is 1.49. The molecular weight excluding hydrogens is 622 g/mol.